The van der Waals surface area contributed by atoms with Gasteiger partial charge in [0, 0.05) is 38.4 Å². The molecule has 4 rings (SSSR count). The molecule has 1 saturated carbocycles. The second kappa shape index (κ2) is 7.53. The van der Waals surface area contributed by atoms with Crippen molar-refractivity contribution < 1.29 is 19.1 Å². The molecule has 1 saturated heterocycles. The van der Waals surface area contributed by atoms with Crippen LogP contribution in [0.3, 0.4) is 0 Å². The van der Waals surface area contributed by atoms with Crippen LogP contribution >= 0.6 is 0 Å². The summed E-state index contributed by atoms with van der Waals surface area (Å²) in [7, 11) is 1.61. The SMILES string of the molecule is COc1ccc2c(c1)OC1(CCN(C(=O)CC3CCCCC3)CC1)CC2=O. The summed E-state index contributed by atoms with van der Waals surface area (Å²) in [6.07, 6.45) is 8.75. The number of hydrogen-bond acceptors (Lipinski definition) is 4. The van der Waals surface area contributed by atoms with Crippen molar-refractivity contribution in [2.75, 3.05) is 20.2 Å². The number of fused-ring (bicyclic) bond motifs is 1. The molecule has 2 fully saturated rings. The average molecular weight is 371 g/mol. The molecule has 0 N–H and O–H groups in total. The Morgan fingerprint density at radius 3 is 2.67 bits per heavy atom. The second-order valence-electron chi connectivity index (χ2n) is 8.34. The van der Waals surface area contributed by atoms with Gasteiger partial charge in [-0.3, -0.25) is 9.59 Å². The normalized spacial score (nSPS) is 22.3. The monoisotopic (exact) mass is 371 g/mol. The van der Waals surface area contributed by atoms with Crippen molar-refractivity contribution in [3.63, 3.8) is 0 Å². The lowest BCUT2D eigenvalue weighted by atomic mass is 9.82. The van der Waals surface area contributed by atoms with Gasteiger partial charge in [-0.15, -0.1) is 0 Å². The second-order valence-corrected chi connectivity index (χ2v) is 8.34. The molecule has 1 aromatic rings. The van der Waals surface area contributed by atoms with Crippen molar-refractivity contribution in [1.29, 1.82) is 0 Å². The molecular formula is C22H29NO4. The minimum atomic E-state index is -0.474. The van der Waals surface area contributed by atoms with Crippen LogP contribution in [0.15, 0.2) is 18.2 Å². The highest BCUT2D eigenvalue weighted by Crippen LogP contribution is 2.41. The molecule has 2 aliphatic heterocycles. The quantitative estimate of drug-likeness (QED) is 0.806. The zero-order chi connectivity index (χ0) is 18.9. The van der Waals surface area contributed by atoms with Crippen LogP contribution in [0.25, 0.3) is 0 Å². The third-order valence-electron chi connectivity index (χ3n) is 6.51. The zero-order valence-electron chi connectivity index (χ0n) is 16.2. The van der Waals surface area contributed by atoms with Crippen LogP contribution in [-0.4, -0.2) is 42.4 Å². The van der Waals surface area contributed by atoms with E-state index in [0.29, 0.717) is 61.8 Å². The standard InChI is InChI=1S/C22H29NO4/c1-26-17-7-8-18-19(24)15-22(27-20(18)14-17)9-11-23(12-10-22)21(25)13-16-5-3-2-4-6-16/h7-8,14,16H,2-6,9-13,15H2,1H3. The van der Waals surface area contributed by atoms with Crippen molar-refractivity contribution in [1.82, 2.24) is 4.90 Å². The summed E-state index contributed by atoms with van der Waals surface area (Å²) in [5, 5.41) is 0. The van der Waals surface area contributed by atoms with Crippen LogP contribution in [-0.2, 0) is 4.79 Å². The first-order chi connectivity index (χ1) is 13.1. The van der Waals surface area contributed by atoms with Gasteiger partial charge in [0.15, 0.2) is 5.78 Å². The molecule has 146 valence electrons. The molecule has 0 aromatic heterocycles. The van der Waals surface area contributed by atoms with Gasteiger partial charge >= 0.3 is 0 Å². The Labute approximate surface area is 161 Å². The molecule has 1 amide bonds. The van der Waals surface area contributed by atoms with Crippen molar-refractivity contribution in [3.05, 3.63) is 23.8 Å². The van der Waals surface area contributed by atoms with E-state index in [1.165, 1.54) is 32.1 Å². The van der Waals surface area contributed by atoms with E-state index in [1.54, 1.807) is 25.3 Å². The first-order valence-electron chi connectivity index (χ1n) is 10.3. The molecule has 27 heavy (non-hydrogen) atoms. The fraction of sp³-hybridized carbons (Fsp3) is 0.636. The summed E-state index contributed by atoms with van der Waals surface area (Å²) in [5.74, 6) is 2.28. The lowest BCUT2D eigenvalue weighted by Gasteiger charge is -2.44. The largest absolute Gasteiger partial charge is 0.497 e. The molecule has 1 spiro atoms. The maximum Gasteiger partial charge on any atom is 0.222 e. The van der Waals surface area contributed by atoms with E-state index in [4.69, 9.17) is 9.47 Å². The molecule has 0 unspecified atom stereocenters. The fourth-order valence-electron chi connectivity index (χ4n) is 4.81. The molecule has 5 heteroatoms. The molecule has 5 nitrogen and oxygen atoms in total. The number of methoxy groups -OCH3 is 1. The van der Waals surface area contributed by atoms with Crippen LogP contribution in [0.5, 0.6) is 11.5 Å². The van der Waals surface area contributed by atoms with E-state index >= 15 is 0 Å². The lowest BCUT2D eigenvalue weighted by Crippen LogP contribution is -2.52. The van der Waals surface area contributed by atoms with Crippen LogP contribution in [0, 0.1) is 5.92 Å². The number of piperidine rings is 1. The summed E-state index contributed by atoms with van der Waals surface area (Å²) in [6.45, 7) is 1.36. The summed E-state index contributed by atoms with van der Waals surface area (Å²) < 4.78 is 11.6. The highest BCUT2D eigenvalue weighted by atomic mass is 16.5. The fourth-order valence-corrected chi connectivity index (χ4v) is 4.81. The number of benzene rings is 1. The molecule has 0 radical (unpaired) electrons. The van der Waals surface area contributed by atoms with Gasteiger partial charge in [0.1, 0.15) is 17.1 Å². The summed E-state index contributed by atoms with van der Waals surface area (Å²) in [5.41, 5.74) is 0.162. The molecule has 0 bridgehead atoms. The van der Waals surface area contributed by atoms with E-state index in [9.17, 15) is 9.59 Å². The van der Waals surface area contributed by atoms with Gasteiger partial charge in [0.2, 0.25) is 5.91 Å². The number of ketones is 1. The van der Waals surface area contributed by atoms with Gasteiger partial charge in [-0.05, 0) is 30.9 Å². The predicted molar refractivity (Wildman–Crippen MR) is 102 cm³/mol. The average Bonchev–Trinajstić information content (AvgIpc) is 2.68. The molecule has 1 aromatic carbocycles. The molecular weight excluding hydrogens is 342 g/mol. The Balaban J connectivity index is 1.39. The van der Waals surface area contributed by atoms with E-state index < -0.39 is 5.60 Å². The Morgan fingerprint density at radius 1 is 1.22 bits per heavy atom. The smallest absolute Gasteiger partial charge is 0.222 e. The van der Waals surface area contributed by atoms with E-state index in [1.807, 2.05) is 4.90 Å². The molecule has 2 heterocycles. The number of rotatable bonds is 3. The van der Waals surface area contributed by atoms with E-state index in [2.05, 4.69) is 0 Å². The Morgan fingerprint density at radius 2 is 1.96 bits per heavy atom. The van der Waals surface area contributed by atoms with Crippen LogP contribution in [0.1, 0.15) is 68.1 Å². The van der Waals surface area contributed by atoms with Crippen LogP contribution in [0.2, 0.25) is 0 Å². The highest BCUT2D eigenvalue weighted by Gasteiger charge is 2.43. The summed E-state index contributed by atoms with van der Waals surface area (Å²) >= 11 is 0. The first kappa shape index (κ1) is 18.3. The van der Waals surface area contributed by atoms with Gasteiger partial charge in [-0.2, -0.15) is 0 Å². The maximum atomic E-state index is 12.7. The molecule has 0 atom stereocenters. The number of carbonyl (C=O) groups excluding carboxylic acids is 2. The van der Waals surface area contributed by atoms with E-state index in [0.717, 1.165) is 0 Å². The minimum absolute atomic E-state index is 0.126. The molecule has 3 aliphatic rings. The van der Waals surface area contributed by atoms with Crippen molar-refractivity contribution in [2.45, 2.75) is 63.4 Å². The van der Waals surface area contributed by atoms with Gasteiger partial charge in [-0.1, -0.05) is 19.3 Å². The Hall–Kier alpha value is -2.04. The van der Waals surface area contributed by atoms with Gasteiger partial charge < -0.3 is 14.4 Å². The third kappa shape index (κ3) is 3.83. The van der Waals surface area contributed by atoms with Gasteiger partial charge in [-0.25, -0.2) is 0 Å². The van der Waals surface area contributed by atoms with Crippen molar-refractivity contribution >= 4 is 11.7 Å². The number of carbonyl (C=O) groups is 2. The Bertz CT molecular complexity index is 715. The van der Waals surface area contributed by atoms with Crippen molar-refractivity contribution in [3.8, 4) is 11.5 Å². The number of ether oxygens (including phenoxy) is 2. The van der Waals surface area contributed by atoms with Crippen LogP contribution in [0.4, 0.5) is 0 Å². The van der Waals surface area contributed by atoms with Crippen LogP contribution < -0.4 is 9.47 Å². The van der Waals surface area contributed by atoms with Gasteiger partial charge in [0.05, 0.1) is 19.1 Å². The number of Topliss-reactive ketones (excluding diaryl/α,β-unsaturated/α-hetero) is 1. The van der Waals surface area contributed by atoms with E-state index in [-0.39, 0.29) is 11.7 Å². The Kier molecular flexibility index (Phi) is 5.11. The maximum absolute atomic E-state index is 12.7. The first-order valence-corrected chi connectivity index (χ1v) is 10.3. The van der Waals surface area contributed by atoms with Crippen molar-refractivity contribution in [2.24, 2.45) is 5.92 Å². The lowest BCUT2D eigenvalue weighted by molar-refractivity contribution is -0.136. The third-order valence-corrected chi connectivity index (χ3v) is 6.51. The molecule has 1 aliphatic carbocycles. The highest BCUT2D eigenvalue weighted by molar-refractivity contribution is 6.00. The summed E-state index contributed by atoms with van der Waals surface area (Å²) in [6, 6.07) is 5.38. The zero-order valence-corrected chi connectivity index (χ0v) is 16.2. The number of hydrogen-bond donors (Lipinski definition) is 0. The number of nitrogens with zero attached hydrogens (tertiary/aromatic N) is 1. The summed E-state index contributed by atoms with van der Waals surface area (Å²) in [4.78, 5) is 27.3. The van der Waals surface area contributed by atoms with Gasteiger partial charge in [0.25, 0.3) is 0 Å². The number of likely N-dealkylation sites (tertiary alicyclic amines) is 1. The number of amides is 1. The topological polar surface area (TPSA) is 55.8 Å². The predicted octanol–water partition coefficient (Wildman–Crippen LogP) is 3.99. The minimum Gasteiger partial charge on any atom is -0.497 e.